The van der Waals surface area contributed by atoms with Gasteiger partial charge >= 0.3 is 0 Å². The molecule has 3 rings (SSSR count). The number of hydrogen-bond donors (Lipinski definition) is 1. The van der Waals surface area contributed by atoms with Crippen molar-refractivity contribution in [1.29, 1.82) is 0 Å². The molecule has 22 heavy (non-hydrogen) atoms. The van der Waals surface area contributed by atoms with Gasteiger partial charge in [0.2, 0.25) is 12.7 Å². The maximum atomic E-state index is 11.9. The molecule has 2 aromatic rings. The number of hydrogen-bond acceptors (Lipinski definition) is 3. The summed E-state index contributed by atoms with van der Waals surface area (Å²) in [4.78, 5) is 11.9. The van der Waals surface area contributed by atoms with Crippen molar-refractivity contribution in [3.8, 4) is 11.5 Å². The Kier molecular flexibility index (Phi) is 4.59. The van der Waals surface area contributed by atoms with Crippen LogP contribution in [0.2, 0.25) is 0 Å². The first-order valence-electron chi connectivity index (χ1n) is 7.50. The van der Waals surface area contributed by atoms with E-state index in [2.05, 4.69) is 17.4 Å². The van der Waals surface area contributed by atoms with Crippen LogP contribution in [0.4, 0.5) is 0 Å². The molecule has 0 unspecified atom stereocenters. The van der Waals surface area contributed by atoms with Crippen LogP contribution in [0.1, 0.15) is 17.5 Å². The van der Waals surface area contributed by atoms with Crippen LogP contribution in [-0.4, -0.2) is 19.2 Å². The average molecular weight is 297 g/mol. The maximum Gasteiger partial charge on any atom is 0.231 e. The number of aryl methyl sites for hydroxylation is 1. The lowest BCUT2D eigenvalue weighted by Crippen LogP contribution is -2.25. The van der Waals surface area contributed by atoms with Gasteiger partial charge in [0, 0.05) is 13.0 Å². The summed E-state index contributed by atoms with van der Waals surface area (Å²) >= 11 is 0. The van der Waals surface area contributed by atoms with Gasteiger partial charge in [-0.05, 0) is 36.1 Å². The summed E-state index contributed by atoms with van der Waals surface area (Å²) < 4.78 is 10.6. The van der Waals surface area contributed by atoms with Crippen molar-refractivity contribution < 1.29 is 14.3 Å². The summed E-state index contributed by atoms with van der Waals surface area (Å²) in [7, 11) is 0. The van der Waals surface area contributed by atoms with Gasteiger partial charge in [0.1, 0.15) is 0 Å². The molecule has 0 bridgehead atoms. The van der Waals surface area contributed by atoms with E-state index in [1.165, 1.54) is 5.56 Å². The second-order valence-electron chi connectivity index (χ2n) is 5.27. The van der Waals surface area contributed by atoms with E-state index in [9.17, 15) is 4.79 Å². The van der Waals surface area contributed by atoms with E-state index in [1.807, 2.05) is 36.4 Å². The molecular formula is C18H19NO3. The molecule has 0 saturated carbocycles. The molecule has 0 fully saturated rings. The molecule has 0 spiro atoms. The Morgan fingerprint density at radius 3 is 2.64 bits per heavy atom. The molecule has 2 aromatic carbocycles. The zero-order chi connectivity index (χ0) is 15.2. The van der Waals surface area contributed by atoms with Crippen LogP contribution in [0.15, 0.2) is 48.5 Å². The number of rotatable bonds is 6. The molecular weight excluding hydrogens is 278 g/mol. The molecule has 0 atom stereocenters. The number of fused-ring (bicyclic) bond motifs is 1. The zero-order valence-electron chi connectivity index (χ0n) is 12.4. The van der Waals surface area contributed by atoms with E-state index in [-0.39, 0.29) is 12.7 Å². The van der Waals surface area contributed by atoms with Crippen LogP contribution in [-0.2, 0) is 17.6 Å². The van der Waals surface area contributed by atoms with Gasteiger partial charge in [-0.25, -0.2) is 0 Å². The highest BCUT2D eigenvalue weighted by atomic mass is 16.7. The van der Waals surface area contributed by atoms with Gasteiger partial charge in [-0.2, -0.15) is 0 Å². The van der Waals surface area contributed by atoms with Gasteiger partial charge < -0.3 is 14.8 Å². The fraction of sp³-hybridized carbons (Fsp3) is 0.278. The predicted octanol–water partition coefficient (Wildman–Crippen LogP) is 2.71. The van der Waals surface area contributed by atoms with Gasteiger partial charge in [-0.3, -0.25) is 4.79 Å². The smallest absolute Gasteiger partial charge is 0.231 e. The van der Waals surface area contributed by atoms with Crippen LogP contribution in [0.5, 0.6) is 11.5 Å². The minimum absolute atomic E-state index is 0.0774. The average Bonchev–Trinajstić information content (AvgIpc) is 3.01. The maximum absolute atomic E-state index is 11.9. The fourth-order valence-electron chi connectivity index (χ4n) is 2.43. The van der Waals surface area contributed by atoms with Gasteiger partial charge in [-0.15, -0.1) is 0 Å². The summed E-state index contributed by atoms with van der Waals surface area (Å²) in [6.45, 7) is 0.947. The third-order valence-electron chi connectivity index (χ3n) is 3.66. The lowest BCUT2D eigenvalue weighted by molar-refractivity contribution is -0.121. The van der Waals surface area contributed by atoms with Crippen LogP contribution in [0, 0.1) is 0 Å². The van der Waals surface area contributed by atoms with Gasteiger partial charge in [0.15, 0.2) is 11.5 Å². The number of ether oxygens (including phenoxy) is 2. The highest BCUT2D eigenvalue weighted by Gasteiger charge is 2.13. The molecule has 1 heterocycles. The topological polar surface area (TPSA) is 47.6 Å². The van der Waals surface area contributed by atoms with Gasteiger partial charge in [-0.1, -0.05) is 36.4 Å². The minimum atomic E-state index is 0.0774. The SMILES string of the molecule is O=C(CCc1ccc2c(c1)OCO2)NCCc1ccccc1. The molecule has 1 aliphatic heterocycles. The molecule has 0 aliphatic carbocycles. The van der Waals surface area contributed by atoms with Crippen molar-refractivity contribution >= 4 is 5.91 Å². The highest BCUT2D eigenvalue weighted by molar-refractivity contribution is 5.76. The fourth-order valence-corrected chi connectivity index (χ4v) is 2.43. The first-order chi connectivity index (χ1) is 10.8. The lowest BCUT2D eigenvalue weighted by atomic mass is 10.1. The van der Waals surface area contributed by atoms with E-state index >= 15 is 0 Å². The van der Waals surface area contributed by atoms with Crippen LogP contribution >= 0.6 is 0 Å². The quantitative estimate of drug-likeness (QED) is 0.892. The summed E-state index contributed by atoms with van der Waals surface area (Å²) in [5, 5.41) is 2.96. The van der Waals surface area contributed by atoms with Crippen molar-refractivity contribution in [2.75, 3.05) is 13.3 Å². The third kappa shape index (κ3) is 3.79. The van der Waals surface area contributed by atoms with Crippen LogP contribution in [0.25, 0.3) is 0 Å². The minimum Gasteiger partial charge on any atom is -0.454 e. The van der Waals surface area contributed by atoms with E-state index < -0.39 is 0 Å². The Bertz CT molecular complexity index is 640. The lowest BCUT2D eigenvalue weighted by Gasteiger charge is -2.06. The standard InChI is InChI=1S/C18H19NO3/c20-18(19-11-10-14-4-2-1-3-5-14)9-7-15-6-8-16-17(12-15)22-13-21-16/h1-6,8,12H,7,9-11,13H2,(H,19,20). The highest BCUT2D eigenvalue weighted by Crippen LogP contribution is 2.32. The molecule has 0 saturated heterocycles. The van der Waals surface area contributed by atoms with E-state index in [1.54, 1.807) is 0 Å². The monoisotopic (exact) mass is 297 g/mol. The number of carbonyl (C=O) groups is 1. The molecule has 4 nitrogen and oxygen atoms in total. The Labute approximate surface area is 130 Å². The molecule has 1 N–H and O–H groups in total. The van der Waals surface area contributed by atoms with E-state index in [4.69, 9.17) is 9.47 Å². The van der Waals surface area contributed by atoms with Crippen molar-refractivity contribution in [2.45, 2.75) is 19.3 Å². The van der Waals surface area contributed by atoms with E-state index in [0.29, 0.717) is 19.4 Å². The zero-order valence-corrected chi connectivity index (χ0v) is 12.4. The molecule has 0 radical (unpaired) electrons. The van der Waals surface area contributed by atoms with Crippen molar-refractivity contribution in [3.63, 3.8) is 0 Å². The third-order valence-corrected chi connectivity index (χ3v) is 3.66. The number of benzene rings is 2. The Balaban J connectivity index is 1.41. The van der Waals surface area contributed by atoms with Crippen molar-refractivity contribution in [3.05, 3.63) is 59.7 Å². The summed E-state index contributed by atoms with van der Waals surface area (Å²) in [6, 6.07) is 16.0. The number of nitrogens with one attached hydrogen (secondary N) is 1. The Hall–Kier alpha value is -2.49. The van der Waals surface area contributed by atoms with Gasteiger partial charge in [0.05, 0.1) is 0 Å². The Morgan fingerprint density at radius 2 is 1.77 bits per heavy atom. The van der Waals surface area contributed by atoms with Crippen molar-refractivity contribution in [1.82, 2.24) is 5.32 Å². The second kappa shape index (κ2) is 6.98. The first-order valence-corrected chi connectivity index (χ1v) is 7.50. The molecule has 1 amide bonds. The normalized spacial score (nSPS) is 12.2. The predicted molar refractivity (Wildman–Crippen MR) is 84.0 cm³/mol. The molecule has 4 heteroatoms. The molecule has 0 aromatic heterocycles. The largest absolute Gasteiger partial charge is 0.454 e. The second-order valence-corrected chi connectivity index (χ2v) is 5.27. The van der Waals surface area contributed by atoms with Crippen molar-refractivity contribution in [2.24, 2.45) is 0 Å². The van der Waals surface area contributed by atoms with Crippen LogP contribution in [0.3, 0.4) is 0 Å². The Morgan fingerprint density at radius 1 is 0.955 bits per heavy atom. The van der Waals surface area contributed by atoms with Crippen LogP contribution < -0.4 is 14.8 Å². The first kappa shape index (κ1) is 14.4. The van der Waals surface area contributed by atoms with Gasteiger partial charge in [0.25, 0.3) is 0 Å². The summed E-state index contributed by atoms with van der Waals surface area (Å²) in [6.07, 6.45) is 2.04. The summed E-state index contributed by atoms with van der Waals surface area (Å²) in [5.41, 5.74) is 2.32. The number of carbonyl (C=O) groups excluding carboxylic acids is 1. The molecule has 114 valence electrons. The van der Waals surface area contributed by atoms with E-state index in [0.717, 1.165) is 23.5 Å². The number of amides is 1. The summed E-state index contributed by atoms with van der Waals surface area (Å²) in [5.74, 6) is 1.62. The molecule has 1 aliphatic rings.